The number of rotatable bonds is 1. The van der Waals surface area contributed by atoms with Crippen LogP contribution in [0.2, 0.25) is 0 Å². The molecule has 142 valence electrons. The first-order valence-electron chi connectivity index (χ1n) is 9.54. The summed E-state index contributed by atoms with van der Waals surface area (Å²) < 4.78 is 5.60. The van der Waals surface area contributed by atoms with Gasteiger partial charge in [-0.05, 0) is 50.7 Å². The molecule has 5 nitrogen and oxygen atoms in total. The number of likely N-dealkylation sites (tertiary alicyclic amines) is 1. The molecule has 26 heavy (non-hydrogen) atoms. The molecular weight excluding hydrogens is 328 g/mol. The van der Waals surface area contributed by atoms with Gasteiger partial charge in [0.15, 0.2) is 0 Å². The van der Waals surface area contributed by atoms with E-state index in [-0.39, 0.29) is 5.91 Å². The predicted octanol–water partition coefficient (Wildman–Crippen LogP) is 3.86. The van der Waals surface area contributed by atoms with Gasteiger partial charge in [-0.15, -0.1) is 0 Å². The Balaban J connectivity index is 1.87. The highest BCUT2D eigenvalue weighted by Crippen LogP contribution is 2.35. The summed E-state index contributed by atoms with van der Waals surface area (Å²) in [5.74, 6) is 1.01. The fraction of sp³-hybridized carbons (Fsp3) is 0.619. The molecule has 1 aromatic carbocycles. The number of anilines is 1. The van der Waals surface area contributed by atoms with Crippen LogP contribution in [0.25, 0.3) is 0 Å². The molecule has 0 unspecified atom stereocenters. The maximum atomic E-state index is 13.3. The van der Waals surface area contributed by atoms with Gasteiger partial charge in [-0.2, -0.15) is 0 Å². The van der Waals surface area contributed by atoms with E-state index < -0.39 is 17.7 Å². The molecule has 2 aliphatic heterocycles. The smallest absolute Gasteiger partial charge is 0.415 e. The van der Waals surface area contributed by atoms with Crippen molar-refractivity contribution in [1.29, 1.82) is 0 Å². The molecule has 3 atom stereocenters. The molecule has 2 aliphatic rings. The van der Waals surface area contributed by atoms with Crippen molar-refractivity contribution in [1.82, 2.24) is 4.90 Å². The minimum atomic E-state index is -0.601. The van der Waals surface area contributed by atoms with Crippen LogP contribution < -0.4 is 4.90 Å². The topological polar surface area (TPSA) is 49.9 Å². The Labute approximate surface area is 156 Å². The number of carbonyl (C=O) groups excluding carboxylic acids is 2. The van der Waals surface area contributed by atoms with Crippen molar-refractivity contribution >= 4 is 17.7 Å². The lowest BCUT2D eigenvalue weighted by atomic mass is 9.91. The number of hydrogen-bond acceptors (Lipinski definition) is 3. The predicted molar refractivity (Wildman–Crippen MR) is 102 cm³/mol. The van der Waals surface area contributed by atoms with Crippen LogP contribution in [0.3, 0.4) is 0 Å². The Morgan fingerprint density at radius 3 is 2.31 bits per heavy atom. The maximum Gasteiger partial charge on any atom is 0.415 e. The highest BCUT2D eigenvalue weighted by molar-refractivity contribution is 6.00. The largest absolute Gasteiger partial charge is 0.443 e. The quantitative estimate of drug-likeness (QED) is 0.766. The number of amides is 2. The number of ether oxygens (including phenoxy) is 1. The summed E-state index contributed by atoms with van der Waals surface area (Å²) in [7, 11) is 0. The number of benzene rings is 1. The van der Waals surface area contributed by atoms with Crippen LogP contribution in [0.5, 0.6) is 0 Å². The van der Waals surface area contributed by atoms with Gasteiger partial charge in [-0.3, -0.25) is 9.69 Å². The van der Waals surface area contributed by atoms with Crippen molar-refractivity contribution < 1.29 is 14.3 Å². The molecule has 3 rings (SSSR count). The van der Waals surface area contributed by atoms with E-state index in [4.69, 9.17) is 4.74 Å². The summed E-state index contributed by atoms with van der Waals surface area (Å²) in [6.07, 6.45) is 1.25. The molecule has 5 heteroatoms. The van der Waals surface area contributed by atoms with Gasteiger partial charge in [0, 0.05) is 19.5 Å². The van der Waals surface area contributed by atoms with Gasteiger partial charge < -0.3 is 9.64 Å². The van der Waals surface area contributed by atoms with Crippen LogP contribution in [-0.4, -0.2) is 41.6 Å². The SMILES string of the molecule is C[C@@H]1C[C@H](C)CN(C(=O)[C@@H]2Cc3ccccc3N2C(=O)OC(C)(C)C)C1. The van der Waals surface area contributed by atoms with E-state index in [0.717, 1.165) is 30.8 Å². The third kappa shape index (κ3) is 3.87. The Kier molecular flexibility index (Phi) is 5.00. The zero-order chi connectivity index (χ0) is 19.1. The number of hydrogen-bond donors (Lipinski definition) is 0. The second kappa shape index (κ2) is 6.93. The Bertz CT molecular complexity index is 685. The summed E-state index contributed by atoms with van der Waals surface area (Å²) in [5, 5.41) is 0. The van der Waals surface area contributed by atoms with E-state index in [9.17, 15) is 9.59 Å². The number of para-hydroxylation sites is 1. The first-order valence-corrected chi connectivity index (χ1v) is 9.54. The summed E-state index contributed by atoms with van der Waals surface area (Å²) >= 11 is 0. The van der Waals surface area contributed by atoms with E-state index in [1.54, 1.807) is 4.90 Å². The average molecular weight is 358 g/mol. The summed E-state index contributed by atoms with van der Waals surface area (Å²) in [6, 6.07) is 7.22. The van der Waals surface area contributed by atoms with Crippen molar-refractivity contribution in [2.75, 3.05) is 18.0 Å². The van der Waals surface area contributed by atoms with E-state index in [0.29, 0.717) is 18.3 Å². The third-order valence-electron chi connectivity index (χ3n) is 5.03. The molecule has 0 radical (unpaired) electrons. The van der Waals surface area contributed by atoms with Crippen LogP contribution in [0.1, 0.15) is 46.6 Å². The summed E-state index contributed by atoms with van der Waals surface area (Å²) in [4.78, 5) is 29.7. The first-order chi connectivity index (χ1) is 12.2. The molecular formula is C21H30N2O3. The molecule has 1 saturated heterocycles. The lowest BCUT2D eigenvalue weighted by Crippen LogP contribution is -2.53. The number of nitrogens with zero attached hydrogens (tertiary/aromatic N) is 2. The van der Waals surface area contributed by atoms with Crippen LogP contribution in [0.4, 0.5) is 10.5 Å². The molecule has 2 heterocycles. The Morgan fingerprint density at radius 2 is 1.69 bits per heavy atom. The Morgan fingerprint density at radius 1 is 1.08 bits per heavy atom. The molecule has 0 saturated carbocycles. The monoisotopic (exact) mass is 358 g/mol. The van der Waals surface area contributed by atoms with Crippen molar-refractivity contribution in [2.45, 2.75) is 59.1 Å². The highest BCUT2D eigenvalue weighted by atomic mass is 16.6. The van der Waals surface area contributed by atoms with E-state index >= 15 is 0 Å². The molecule has 0 aromatic heterocycles. The lowest BCUT2D eigenvalue weighted by Gasteiger charge is -2.38. The second-order valence-electron chi connectivity index (χ2n) is 8.89. The summed E-state index contributed by atoms with van der Waals surface area (Å²) in [6.45, 7) is 11.4. The number of piperidine rings is 1. The zero-order valence-electron chi connectivity index (χ0n) is 16.5. The van der Waals surface area contributed by atoms with Gasteiger partial charge >= 0.3 is 6.09 Å². The fourth-order valence-corrected chi connectivity index (χ4v) is 4.17. The zero-order valence-corrected chi connectivity index (χ0v) is 16.5. The van der Waals surface area contributed by atoms with Crippen molar-refractivity contribution in [3.05, 3.63) is 29.8 Å². The highest BCUT2D eigenvalue weighted by Gasteiger charge is 2.43. The number of fused-ring (bicyclic) bond motifs is 1. The van der Waals surface area contributed by atoms with Gasteiger partial charge in [-0.1, -0.05) is 32.0 Å². The molecule has 2 amide bonds. The van der Waals surface area contributed by atoms with Crippen LogP contribution in [-0.2, 0) is 16.0 Å². The molecule has 1 fully saturated rings. The normalized spacial score (nSPS) is 25.8. The standard InChI is InChI=1S/C21H30N2O3/c1-14-10-15(2)13-22(12-14)19(24)18-11-16-8-6-7-9-17(16)23(18)20(25)26-21(3,4)5/h6-9,14-15,18H,10-13H2,1-5H3/t14-,15+,18-/m0/s1. The van der Waals surface area contributed by atoms with E-state index in [2.05, 4.69) is 13.8 Å². The van der Waals surface area contributed by atoms with Crippen LogP contribution >= 0.6 is 0 Å². The average Bonchev–Trinajstić information content (AvgIpc) is 2.91. The van der Waals surface area contributed by atoms with Gasteiger partial charge in [-0.25, -0.2) is 4.79 Å². The van der Waals surface area contributed by atoms with Gasteiger partial charge in [0.2, 0.25) is 5.91 Å². The molecule has 0 N–H and O–H groups in total. The van der Waals surface area contributed by atoms with Crippen molar-refractivity contribution in [3.63, 3.8) is 0 Å². The molecule has 0 aliphatic carbocycles. The third-order valence-corrected chi connectivity index (χ3v) is 5.03. The minimum Gasteiger partial charge on any atom is -0.443 e. The minimum absolute atomic E-state index is 0.0328. The van der Waals surface area contributed by atoms with Gasteiger partial charge in [0.1, 0.15) is 11.6 Å². The molecule has 0 spiro atoms. The second-order valence-corrected chi connectivity index (χ2v) is 8.89. The lowest BCUT2D eigenvalue weighted by molar-refractivity contribution is -0.135. The fourth-order valence-electron chi connectivity index (χ4n) is 4.17. The first kappa shape index (κ1) is 18.7. The maximum absolute atomic E-state index is 13.3. The van der Waals surface area contributed by atoms with Crippen LogP contribution in [0.15, 0.2) is 24.3 Å². The number of carbonyl (C=O) groups is 2. The van der Waals surface area contributed by atoms with E-state index in [1.165, 1.54) is 0 Å². The summed E-state index contributed by atoms with van der Waals surface area (Å²) in [5.41, 5.74) is 1.21. The van der Waals surface area contributed by atoms with Crippen LogP contribution in [0, 0.1) is 11.8 Å². The molecule has 1 aromatic rings. The molecule has 0 bridgehead atoms. The Hall–Kier alpha value is -2.04. The van der Waals surface area contributed by atoms with Gasteiger partial charge in [0.25, 0.3) is 0 Å². The van der Waals surface area contributed by atoms with Crippen molar-refractivity contribution in [2.24, 2.45) is 11.8 Å². The van der Waals surface area contributed by atoms with Gasteiger partial charge in [0.05, 0.1) is 5.69 Å². The van der Waals surface area contributed by atoms with Crippen molar-refractivity contribution in [3.8, 4) is 0 Å². The van der Waals surface area contributed by atoms with E-state index in [1.807, 2.05) is 49.9 Å².